The first-order valence-electron chi connectivity index (χ1n) is 8.93. The van der Waals surface area contributed by atoms with E-state index < -0.39 is 11.4 Å². The molecule has 7 heteroatoms. The quantitative estimate of drug-likeness (QED) is 0.867. The number of carboxylic acids is 1. The molecule has 1 aromatic rings. The predicted molar refractivity (Wildman–Crippen MR) is 95.1 cm³/mol. The molecule has 2 aliphatic heterocycles. The van der Waals surface area contributed by atoms with Gasteiger partial charge in [0.15, 0.2) is 6.61 Å². The van der Waals surface area contributed by atoms with Gasteiger partial charge in [-0.15, -0.1) is 0 Å². The number of hydrogen-bond donors (Lipinski definition) is 1. The topological polar surface area (TPSA) is 87.2 Å². The van der Waals surface area contributed by atoms with Crippen molar-refractivity contribution in [3.63, 3.8) is 0 Å². The van der Waals surface area contributed by atoms with Crippen LogP contribution in [0.4, 0.5) is 5.69 Å². The molecule has 0 saturated carbocycles. The number of amides is 2. The zero-order chi connectivity index (χ0) is 18.7. The molecular weight excluding hydrogens is 336 g/mol. The van der Waals surface area contributed by atoms with E-state index in [0.717, 1.165) is 12.1 Å². The third-order valence-electron chi connectivity index (χ3n) is 5.13. The van der Waals surface area contributed by atoms with Crippen LogP contribution in [0.25, 0.3) is 0 Å². The first-order valence-corrected chi connectivity index (χ1v) is 8.93. The minimum absolute atomic E-state index is 0.0968. The Balaban J connectivity index is 1.59. The molecule has 0 spiro atoms. The van der Waals surface area contributed by atoms with Crippen molar-refractivity contribution in [1.82, 2.24) is 4.90 Å². The van der Waals surface area contributed by atoms with Gasteiger partial charge < -0.3 is 19.6 Å². The highest BCUT2D eigenvalue weighted by molar-refractivity contribution is 5.95. The number of benzene rings is 1. The highest BCUT2D eigenvalue weighted by Gasteiger charge is 2.39. The molecule has 140 valence electrons. The summed E-state index contributed by atoms with van der Waals surface area (Å²) in [5, 5.41) is 9.36. The van der Waals surface area contributed by atoms with E-state index in [-0.39, 0.29) is 25.0 Å². The molecule has 2 heterocycles. The number of anilines is 1. The Bertz CT molecular complexity index is 720. The van der Waals surface area contributed by atoms with Crippen LogP contribution in [0.2, 0.25) is 0 Å². The van der Waals surface area contributed by atoms with Crippen LogP contribution < -0.4 is 9.64 Å². The van der Waals surface area contributed by atoms with E-state index in [1.54, 1.807) is 34.9 Å². The molecule has 0 aromatic heterocycles. The van der Waals surface area contributed by atoms with Gasteiger partial charge in [-0.3, -0.25) is 14.4 Å². The maximum Gasteiger partial charge on any atom is 0.311 e. The molecule has 26 heavy (non-hydrogen) atoms. The molecule has 2 aliphatic rings. The Kier molecular flexibility index (Phi) is 5.15. The minimum Gasteiger partial charge on any atom is -0.484 e. The fourth-order valence-electron chi connectivity index (χ4n) is 3.53. The summed E-state index contributed by atoms with van der Waals surface area (Å²) in [5.41, 5.74) is -0.127. The Morgan fingerprint density at radius 3 is 2.77 bits per heavy atom. The molecule has 2 saturated heterocycles. The lowest BCUT2D eigenvalue weighted by molar-refractivity contribution is -0.154. The van der Waals surface area contributed by atoms with E-state index in [4.69, 9.17) is 4.74 Å². The average molecular weight is 360 g/mol. The van der Waals surface area contributed by atoms with E-state index in [0.29, 0.717) is 38.1 Å². The van der Waals surface area contributed by atoms with Gasteiger partial charge in [0.1, 0.15) is 5.75 Å². The van der Waals surface area contributed by atoms with Crippen LogP contribution >= 0.6 is 0 Å². The summed E-state index contributed by atoms with van der Waals surface area (Å²) in [6, 6.07) is 7.15. The predicted octanol–water partition coefficient (Wildman–Crippen LogP) is 1.91. The van der Waals surface area contributed by atoms with Crippen molar-refractivity contribution < 1.29 is 24.2 Å². The second kappa shape index (κ2) is 7.35. The van der Waals surface area contributed by atoms with E-state index in [2.05, 4.69) is 0 Å². The number of likely N-dealkylation sites (tertiary alicyclic amines) is 1. The molecule has 2 amide bonds. The van der Waals surface area contributed by atoms with Gasteiger partial charge >= 0.3 is 5.97 Å². The Morgan fingerprint density at radius 1 is 1.27 bits per heavy atom. The van der Waals surface area contributed by atoms with Gasteiger partial charge in [-0.1, -0.05) is 6.07 Å². The first-order chi connectivity index (χ1) is 12.4. The van der Waals surface area contributed by atoms with Gasteiger partial charge in [-0.25, -0.2) is 0 Å². The van der Waals surface area contributed by atoms with E-state index in [1.807, 2.05) is 6.07 Å². The minimum atomic E-state index is -0.899. The summed E-state index contributed by atoms with van der Waals surface area (Å²) in [7, 11) is 0. The second-order valence-corrected chi connectivity index (χ2v) is 7.22. The summed E-state index contributed by atoms with van der Waals surface area (Å²) >= 11 is 0. The van der Waals surface area contributed by atoms with Gasteiger partial charge in [0.2, 0.25) is 5.91 Å². The normalized spacial score (nSPS) is 23.2. The molecule has 2 fully saturated rings. The summed E-state index contributed by atoms with van der Waals surface area (Å²) in [6.07, 6.45) is 2.64. The number of aliphatic carboxylic acids is 1. The maximum absolute atomic E-state index is 12.4. The maximum atomic E-state index is 12.4. The zero-order valence-electron chi connectivity index (χ0n) is 14.9. The van der Waals surface area contributed by atoms with Crippen molar-refractivity contribution in [3.8, 4) is 5.75 Å². The molecule has 1 unspecified atom stereocenters. The van der Waals surface area contributed by atoms with Gasteiger partial charge in [-0.2, -0.15) is 0 Å². The van der Waals surface area contributed by atoms with Crippen molar-refractivity contribution in [3.05, 3.63) is 24.3 Å². The molecule has 3 rings (SSSR count). The van der Waals surface area contributed by atoms with Crippen molar-refractivity contribution in [2.45, 2.75) is 32.6 Å². The lowest BCUT2D eigenvalue weighted by atomic mass is 9.82. The number of hydrogen-bond acceptors (Lipinski definition) is 4. The number of carbonyl (C=O) groups is 3. The highest BCUT2D eigenvalue weighted by atomic mass is 16.5. The fraction of sp³-hybridized carbons (Fsp3) is 0.526. The third kappa shape index (κ3) is 3.81. The van der Waals surface area contributed by atoms with Gasteiger partial charge in [0, 0.05) is 37.8 Å². The van der Waals surface area contributed by atoms with E-state index in [1.165, 1.54) is 0 Å². The third-order valence-corrected chi connectivity index (χ3v) is 5.13. The summed E-state index contributed by atoms with van der Waals surface area (Å²) in [4.78, 5) is 39.0. The lowest BCUT2D eigenvalue weighted by Crippen LogP contribution is -2.49. The molecule has 1 atom stereocenters. The molecule has 0 radical (unpaired) electrons. The Hall–Kier alpha value is -2.57. The van der Waals surface area contributed by atoms with Gasteiger partial charge in [0.25, 0.3) is 5.91 Å². The Morgan fingerprint density at radius 2 is 2.08 bits per heavy atom. The average Bonchev–Trinajstić information content (AvgIpc) is 3.06. The summed E-state index contributed by atoms with van der Waals surface area (Å²) < 4.78 is 5.61. The highest BCUT2D eigenvalue weighted by Crippen LogP contribution is 2.30. The zero-order valence-corrected chi connectivity index (χ0v) is 14.9. The van der Waals surface area contributed by atoms with Crippen molar-refractivity contribution in [2.75, 3.05) is 31.1 Å². The molecule has 1 aromatic carbocycles. The van der Waals surface area contributed by atoms with Crippen molar-refractivity contribution in [1.29, 1.82) is 0 Å². The Labute approximate surface area is 152 Å². The standard InChI is InChI=1S/C19H24N2O5/c1-19(18(24)25)8-4-9-20(13-19)17(23)12-26-15-6-2-5-14(11-15)21-10-3-7-16(21)22/h2,5-6,11H,3-4,7-10,12-13H2,1H3,(H,24,25). The molecule has 7 nitrogen and oxygen atoms in total. The number of nitrogens with zero attached hydrogens (tertiary/aromatic N) is 2. The largest absolute Gasteiger partial charge is 0.484 e. The van der Waals surface area contributed by atoms with Crippen LogP contribution in [-0.2, 0) is 14.4 Å². The molecule has 1 N–H and O–H groups in total. The van der Waals surface area contributed by atoms with Crippen molar-refractivity contribution >= 4 is 23.5 Å². The van der Waals surface area contributed by atoms with Crippen molar-refractivity contribution in [2.24, 2.45) is 5.41 Å². The van der Waals surface area contributed by atoms with Crippen LogP contribution in [0.5, 0.6) is 5.75 Å². The number of piperidine rings is 1. The molecular formula is C19H24N2O5. The lowest BCUT2D eigenvalue weighted by Gasteiger charge is -2.37. The fourth-order valence-corrected chi connectivity index (χ4v) is 3.53. The number of rotatable bonds is 5. The molecule has 0 bridgehead atoms. The van der Waals surface area contributed by atoms with Gasteiger partial charge in [-0.05, 0) is 38.3 Å². The number of carbonyl (C=O) groups excluding carboxylic acids is 2. The summed E-state index contributed by atoms with van der Waals surface area (Å²) in [5.74, 6) is -0.480. The SMILES string of the molecule is CC1(C(=O)O)CCCN(C(=O)COc2cccc(N3CCCC3=O)c2)C1. The molecule has 0 aliphatic carbocycles. The van der Waals surface area contributed by atoms with E-state index in [9.17, 15) is 19.5 Å². The van der Waals surface area contributed by atoms with Crippen LogP contribution in [0.15, 0.2) is 24.3 Å². The summed E-state index contributed by atoms with van der Waals surface area (Å²) in [6.45, 7) is 2.97. The number of ether oxygens (including phenoxy) is 1. The number of carboxylic acid groups (broad SMARTS) is 1. The monoisotopic (exact) mass is 360 g/mol. The van der Waals surface area contributed by atoms with E-state index >= 15 is 0 Å². The van der Waals surface area contributed by atoms with Gasteiger partial charge in [0.05, 0.1) is 5.41 Å². The first kappa shape index (κ1) is 18.2. The van der Waals surface area contributed by atoms with Crippen LogP contribution in [0, 0.1) is 5.41 Å². The smallest absolute Gasteiger partial charge is 0.311 e. The van der Waals surface area contributed by atoms with Crippen LogP contribution in [-0.4, -0.2) is 54.0 Å². The van der Waals surface area contributed by atoms with Crippen LogP contribution in [0.3, 0.4) is 0 Å². The second-order valence-electron chi connectivity index (χ2n) is 7.22. The van der Waals surface area contributed by atoms with Crippen LogP contribution in [0.1, 0.15) is 32.6 Å².